The van der Waals surface area contributed by atoms with Crippen LogP contribution in [-0.2, 0) is 17.7 Å². The van der Waals surface area contributed by atoms with Crippen molar-refractivity contribution >= 4 is 11.7 Å². The minimum Gasteiger partial charge on any atom is -0.390 e. The lowest BCUT2D eigenvalue weighted by molar-refractivity contribution is 0.0209. The third kappa shape index (κ3) is 4.90. The number of benzene rings is 1. The van der Waals surface area contributed by atoms with Gasteiger partial charge in [-0.15, -0.1) is 0 Å². The molecule has 1 atom stereocenters. The predicted molar refractivity (Wildman–Crippen MR) is 109 cm³/mol. The summed E-state index contributed by atoms with van der Waals surface area (Å²) in [5.74, 6) is 0.278. The fourth-order valence-electron chi connectivity index (χ4n) is 3.71. The zero-order chi connectivity index (χ0) is 20.2. The molecule has 0 radical (unpaired) electrons. The fraction of sp³-hybridized carbons (Fsp3) is 0.476. The van der Waals surface area contributed by atoms with Crippen molar-refractivity contribution in [3.05, 3.63) is 53.0 Å². The lowest BCUT2D eigenvalue weighted by Crippen LogP contribution is -2.42. The first-order valence-corrected chi connectivity index (χ1v) is 10.0. The summed E-state index contributed by atoms with van der Waals surface area (Å²) in [5, 5.41) is 16.4. The molecule has 2 aromatic rings. The highest BCUT2D eigenvalue weighted by atomic mass is 16.5. The normalized spacial score (nSPS) is 17.9. The SMILES string of the molecule is Cc1cccc2c1CN(CC(O)CNC(=O)c1cc(NC3COC3)ncn1)CC2. The standard InChI is InChI=1S/C21H27N5O3/c1-14-3-2-4-15-5-6-26(10-18(14)15)9-17(27)8-22-21(28)19-7-20(24-13-23-19)25-16-11-29-12-16/h2-4,7,13,16-17,27H,5-6,8-12H2,1H3,(H,22,28)(H,23,24,25). The number of aliphatic hydroxyl groups excluding tert-OH is 1. The number of aliphatic hydroxyl groups is 1. The smallest absolute Gasteiger partial charge is 0.270 e. The first-order valence-electron chi connectivity index (χ1n) is 10.0. The van der Waals surface area contributed by atoms with Crippen molar-refractivity contribution in [3.63, 3.8) is 0 Å². The summed E-state index contributed by atoms with van der Waals surface area (Å²) in [6.07, 6.45) is 1.70. The van der Waals surface area contributed by atoms with Gasteiger partial charge < -0.3 is 20.5 Å². The Hall–Kier alpha value is -2.55. The fourth-order valence-corrected chi connectivity index (χ4v) is 3.71. The third-order valence-corrected chi connectivity index (χ3v) is 5.44. The third-order valence-electron chi connectivity index (χ3n) is 5.44. The quantitative estimate of drug-likeness (QED) is 0.634. The van der Waals surface area contributed by atoms with Crippen LogP contribution in [0.1, 0.15) is 27.2 Å². The van der Waals surface area contributed by atoms with Gasteiger partial charge in [-0.3, -0.25) is 9.69 Å². The van der Waals surface area contributed by atoms with Crippen LogP contribution in [0, 0.1) is 6.92 Å². The molecule has 0 saturated carbocycles. The number of nitrogens with zero attached hydrogens (tertiary/aromatic N) is 3. The van der Waals surface area contributed by atoms with Gasteiger partial charge in [-0.1, -0.05) is 18.2 Å². The highest BCUT2D eigenvalue weighted by molar-refractivity contribution is 5.92. The van der Waals surface area contributed by atoms with E-state index in [9.17, 15) is 9.90 Å². The van der Waals surface area contributed by atoms with Crippen LogP contribution < -0.4 is 10.6 Å². The Morgan fingerprint density at radius 1 is 1.38 bits per heavy atom. The number of ether oxygens (including phenoxy) is 1. The molecule has 1 aromatic heterocycles. The van der Waals surface area contributed by atoms with Crippen molar-refractivity contribution < 1.29 is 14.6 Å². The maximum absolute atomic E-state index is 12.4. The summed E-state index contributed by atoms with van der Waals surface area (Å²) in [6, 6.07) is 8.24. The van der Waals surface area contributed by atoms with E-state index in [2.05, 4.69) is 50.6 Å². The van der Waals surface area contributed by atoms with E-state index in [0.717, 1.165) is 19.5 Å². The lowest BCUT2D eigenvalue weighted by atomic mass is 9.95. The van der Waals surface area contributed by atoms with E-state index in [-0.39, 0.29) is 24.2 Å². The van der Waals surface area contributed by atoms with Gasteiger partial charge in [0.25, 0.3) is 5.91 Å². The number of hydrogen-bond acceptors (Lipinski definition) is 7. The van der Waals surface area contributed by atoms with Crippen molar-refractivity contribution in [3.8, 4) is 0 Å². The van der Waals surface area contributed by atoms with Crippen molar-refractivity contribution in [2.24, 2.45) is 0 Å². The first kappa shape index (κ1) is 19.8. The number of aryl methyl sites for hydroxylation is 1. The van der Waals surface area contributed by atoms with Crippen LogP contribution in [-0.4, -0.2) is 70.9 Å². The van der Waals surface area contributed by atoms with Gasteiger partial charge in [0.15, 0.2) is 0 Å². The van der Waals surface area contributed by atoms with Crippen LogP contribution >= 0.6 is 0 Å². The van der Waals surface area contributed by atoms with E-state index in [0.29, 0.717) is 25.6 Å². The number of aromatic nitrogens is 2. The van der Waals surface area contributed by atoms with Gasteiger partial charge in [0.2, 0.25) is 0 Å². The molecule has 1 saturated heterocycles. The second kappa shape index (κ2) is 8.86. The zero-order valence-electron chi connectivity index (χ0n) is 16.6. The monoisotopic (exact) mass is 397 g/mol. The molecule has 4 rings (SSSR count). The van der Waals surface area contributed by atoms with Crippen molar-refractivity contribution in [2.45, 2.75) is 32.0 Å². The Bertz CT molecular complexity index is 871. The number of nitrogens with one attached hydrogen (secondary N) is 2. The average Bonchev–Trinajstić information content (AvgIpc) is 2.70. The summed E-state index contributed by atoms with van der Waals surface area (Å²) in [6.45, 7) is 5.84. The van der Waals surface area contributed by atoms with Gasteiger partial charge in [-0.05, 0) is 30.0 Å². The van der Waals surface area contributed by atoms with Crippen LogP contribution in [0.25, 0.3) is 0 Å². The number of carbonyl (C=O) groups excluding carboxylic acids is 1. The van der Waals surface area contributed by atoms with E-state index in [1.165, 1.54) is 23.0 Å². The number of anilines is 1. The maximum atomic E-state index is 12.4. The van der Waals surface area contributed by atoms with E-state index in [1.807, 2.05) is 0 Å². The van der Waals surface area contributed by atoms with E-state index in [4.69, 9.17) is 4.74 Å². The molecule has 1 aromatic carbocycles. The Balaban J connectivity index is 1.26. The molecule has 3 N–H and O–H groups in total. The molecule has 1 fully saturated rings. The molecule has 8 nitrogen and oxygen atoms in total. The highest BCUT2D eigenvalue weighted by Gasteiger charge is 2.21. The Labute approximate surface area is 170 Å². The molecule has 2 aliphatic heterocycles. The number of carbonyl (C=O) groups is 1. The molecule has 3 heterocycles. The van der Waals surface area contributed by atoms with Gasteiger partial charge in [-0.25, -0.2) is 9.97 Å². The Morgan fingerprint density at radius 2 is 2.24 bits per heavy atom. The number of rotatable bonds is 7. The molecule has 1 amide bonds. The molecular weight excluding hydrogens is 370 g/mol. The molecule has 0 aliphatic carbocycles. The number of β-amino-alcohol motifs (C(OH)–C–C–N with tert-alkyl or cyclic N) is 1. The van der Waals surface area contributed by atoms with Crippen molar-refractivity contribution in [1.82, 2.24) is 20.2 Å². The zero-order valence-corrected chi connectivity index (χ0v) is 16.6. The molecule has 29 heavy (non-hydrogen) atoms. The molecule has 8 heteroatoms. The van der Waals surface area contributed by atoms with Gasteiger partial charge >= 0.3 is 0 Å². The Kier molecular flexibility index (Phi) is 6.03. The average molecular weight is 397 g/mol. The van der Waals surface area contributed by atoms with Crippen molar-refractivity contribution in [1.29, 1.82) is 0 Å². The second-order valence-electron chi connectivity index (χ2n) is 7.73. The minimum atomic E-state index is -0.643. The van der Waals surface area contributed by atoms with Crippen LogP contribution in [0.3, 0.4) is 0 Å². The lowest BCUT2D eigenvalue weighted by Gasteiger charge is -2.31. The van der Waals surface area contributed by atoms with Gasteiger partial charge in [0.1, 0.15) is 17.8 Å². The van der Waals surface area contributed by atoms with Crippen LogP contribution in [0.15, 0.2) is 30.6 Å². The summed E-state index contributed by atoms with van der Waals surface area (Å²) < 4.78 is 5.12. The molecule has 1 unspecified atom stereocenters. The van der Waals surface area contributed by atoms with E-state index < -0.39 is 6.10 Å². The molecule has 0 spiro atoms. The van der Waals surface area contributed by atoms with Crippen LogP contribution in [0.5, 0.6) is 0 Å². The summed E-state index contributed by atoms with van der Waals surface area (Å²) in [7, 11) is 0. The molecule has 2 aliphatic rings. The number of hydrogen-bond donors (Lipinski definition) is 3. The minimum absolute atomic E-state index is 0.180. The van der Waals surface area contributed by atoms with E-state index >= 15 is 0 Å². The van der Waals surface area contributed by atoms with Crippen LogP contribution in [0.4, 0.5) is 5.82 Å². The van der Waals surface area contributed by atoms with Crippen LogP contribution in [0.2, 0.25) is 0 Å². The first-order chi connectivity index (χ1) is 14.1. The summed E-state index contributed by atoms with van der Waals surface area (Å²) >= 11 is 0. The summed E-state index contributed by atoms with van der Waals surface area (Å²) in [5.41, 5.74) is 4.31. The van der Waals surface area contributed by atoms with Gasteiger partial charge in [-0.2, -0.15) is 0 Å². The van der Waals surface area contributed by atoms with E-state index in [1.54, 1.807) is 6.07 Å². The second-order valence-corrected chi connectivity index (χ2v) is 7.73. The molecule has 154 valence electrons. The number of fused-ring (bicyclic) bond motifs is 1. The maximum Gasteiger partial charge on any atom is 0.270 e. The topological polar surface area (TPSA) is 99.6 Å². The number of amides is 1. The highest BCUT2D eigenvalue weighted by Crippen LogP contribution is 2.22. The predicted octanol–water partition coefficient (Wildman–Crippen LogP) is 0.745. The van der Waals surface area contributed by atoms with Crippen molar-refractivity contribution in [2.75, 3.05) is 38.2 Å². The van der Waals surface area contributed by atoms with Gasteiger partial charge in [0.05, 0.1) is 25.4 Å². The molecular formula is C21H27N5O3. The van der Waals surface area contributed by atoms with Gasteiger partial charge in [0, 0.05) is 32.2 Å². The summed E-state index contributed by atoms with van der Waals surface area (Å²) in [4.78, 5) is 22.8. The molecule has 0 bridgehead atoms. The Morgan fingerprint density at radius 3 is 3.03 bits per heavy atom. The largest absolute Gasteiger partial charge is 0.390 e.